The Morgan fingerprint density at radius 3 is 2.78 bits per heavy atom. The van der Waals surface area contributed by atoms with Crippen molar-refractivity contribution >= 4 is 51.0 Å². The monoisotopic (exact) mass is 470 g/mol. The Labute approximate surface area is 195 Å². The number of aryl methyl sites for hydroxylation is 1. The number of piperidine rings is 1. The molecule has 1 unspecified atom stereocenters. The van der Waals surface area contributed by atoms with Crippen molar-refractivity contribution in [3.8, 4) is 0 Å². The molecular weight excluding hydrogens is 444 g/mol. The topological polar surface area (TPSA) is 98.4 Å². The van der Waals surface area contributed by atoms with Crippen LogP contribution in [0.1, 0.15) is 40.8 Å². The van der Waals surface area contributed by atoms with E-state index in [1.165, 1.54) is 11.3 Å². The van der Waals surface area contributed by atoms with Crippen molar-refractivity contribution in [3.63, 3.8) is 0 Å². The minimum absolute atomic E-state index is 0.209. The summed E-state index contributed by atoms with van der Waals surface area (Å²) in [6.45, 7) is 5.33. The van der Waals surface area contributed by atoms with Crippen molar-refractivity contribution in [2.45, 2.75) is 37.3 Å². The first-order chi connectivity index (χ1) is 15.5. The van der Waals surface area contributed by atoms with E-state index in [2.05, 4.69) is 17.0 Å². The molecule has 0 radical (unpaired) electrons. The molecule has 1 saturated heterocycles. The van der Waals surface area contributed by atoms with Gasteiger partial charge in [0.25, 0.3) is 0 Å². The van der Waals surface area contributed by atoms with Crippen LogP contribution in [0.5, 0.6) is 0 Å². The van der Waals surface area contributed by atoms with Gasteiger partial charge in [-0.3, -0.25) is 4.79 Å². The van der Waals surface area contributed by atoms with E-state index in [0.29, 0.717) is 29.6 Å². The summed E-state index contributed by atoms with van der Waals surface area (Å²) in [7, 11) is 0. The molecule has 7 nitrogen and oxygen atoms in total. The number of amides is 1. The van der Waals surface area contributed by atoms with Crippen LogP contribution in [0.3, 0.4) is 0 Å². The number of thiophene rings is 1. The molecule has 32 heavy (non-hydrogen) atoms. The van der Waals surface area contributed by atoms with E-state index in [0.717, 1.165) is 45.9 Å². The fourth-order valence-corrected chi connectivity index (χ4v) is 5.77. The van der Waals surface area contributed by atoms with E-state index in [1.54, 1.807) is 18.7 Å². The van der Waals surface area contributed by atoms with Gasteiger partial charge in [-0.1, -0.05) is 18.2 Å². The van der Waals surface area contributed by atoms with Crippen molar-refractivity contribution in [2.75, 3.05) is 24.6 Å². The molecule has 0 aliphatic carbocycles. The highest BCUT2D eigenvalue weighted by molar-refractivity contribution is 7.98. The summed E-state index contributed by atoms with van der Waals surface area (Å²) < 4.78 is 5.25. The van der Waals surface area contributed by atoms with Crippen molar-refractivity contribution in [2.24, 2.45) is 11.7 Å². The molecule has 1 atom stereocenters. The van der Waals surface area contributed by atoms with Crippen LogP contribution in [0.2, 0.25) is 0 Å². The maximum absolute atomic E-state index is 12.5. The van der Waals surface area contributed by atoms with Gasteiger partial charge in [0.05, 0.1) is 23.7 Å². The van der Waals surface area contributed by atoms with Crippen molar-refractivity contribution in [1.82, 2.24) is 9.97 Å². The van der Waals surface area contributed by atoms with Gasteiger partial charge in [-0.2, -0.15) is 0 Å². The zero-order valence-corrected chi connectivity index (χ0v) is 19.8. The molecule has 3 heterocycles. The highest BCUT2D eigenvalue weighted by Crippen LogP contribution is 2.38. The Bertz CT molecular complexity index is 1130. The minimum Gasteiger partial charge on any atom is -0.462 e. The number of fused-ring (bicyclic) bond motifs is 1. The van der Waals surface area contributed by atoms with Gasteiger partial charge < -0.3 is 15.4 Å². The highest BCUT2D eigenvalue weighted by atomic mass is 32.2. The van der Waals surface area contributed by atoms with Gasteiger partial charge in [0.1, 0.15) is 21.3 Å². The van der Waals surface area contributed by atoms with Gasteiger partial charge in [0.2, 0.25) is 5.91 Å². The van der Waals surface area contributed by atoms with Gasteiger partial charge in [-0.15, -0.1) is 23.1 Å². The lowest BCUT2D eigenvalue weighted by Crippen LogP contribution is -2.41. The molecule has 168 valence electrons. The summed E-state index contributed by atoms with van der Waals surface area (Å²) in [6.07, 6.45) is 1.65. The zero-order valence-electron chi connectivity index (χ0n) is 18.2. The summed E-state index contributed by atoms with van der Waals surface area (Å²) in [4.78, 5) is 38.6. The molecule has 9 heteroatoms. The quantitative estimate of drug-likeness (QED) is 0.409. The average Bonchev–Trinajstić information content (AvgIpc) is 3.14. The fourth-order valence-electron chi connectivity index (χ4n) is 3.91. The summed E-state index contributed by atoms with van der Waals surface area (Å²) >= 11 is 3.00. The van der Waals surface area contributed by atoms with Gasteiger partial charge >= 0.3 is 5.97 Å². The Kier molecular flexibility index (Phi) is 6.95. The third-order valence-electron chi connectivity index (χ3n) is 5.51. The third kappa shape index (κ3) is 4.73. The first-order valence-electron chi connectivity index (χ1n) is 10.7. The maximum Gasteiger partial charge on any atom is 0.348 e. The largest absolute Gasteiger partial charge is 0.462 e. The number of carbonyl (C=O) groups excluding carboxylic acids is 2. The summed E-state index contributed by atoms with van der Waals surface area (Å²) in [5, 5.41) is 0.858. The number of hydrogen-bond acceptors (Lipinski definition) is 8. The van der Waals surface area contributed by atoms with E-state index in [9.17, 15) is 9.59 Å². The maximum atomic E-state index is 12.5. The zero-order chi connectivity index (χ0) is 22.7. The average molecular weight is 471 g/mol. The van der Waals surface area contributed by atoms with Crippen LogP contribution in [-0.2, 0) is 15.3 Å². The smallest absolute Gasteiger partial charge is 0.348 e. The molecule has 0 bridgehead atoms. The Balaban J connectivity index is 1.75. The van der Waals surface area contributed by atoms with Gasteiger partial charge in [-0.05, 0) is 44.4 Å². The molecular formula is C23H26N4O3S2. The molecule has 2 aromatic heterocycles. The standard InChI is InChI=1S/C23H26N4O3S2/c1-3-30-23(29)19-14(2)18-21(27-11-7-8-15(12-27)20(24)28)25-17(26-22(18)32-19)13-31-16-9-5-4-6-10-16/h4-6,9-10,15H,3,7-8,11-13H2,1-2H3,(H2,24,28). The molecule has 0 spiro atoms. The molecule has 4 rings (SSSR count). The summed E-state index contributed by atoms with van der Waals surface area (Å²) in [6, 6.07) is 10.1. The number of nitrogens with zero attached hydrogens (tertiary/aromatic N) is 3. The van der Waals surface area contributed by atoms with E-state index in [-0.39, 0.29) is 17.8 Å². The number of carbonyl (C=O) groups is 2. The normalized spacial score (nSPS) is 16.3. The molecule has 1 amide bonds. The summed E-state index contributed by atoms with van der Waals surface area (Å²) in [5.41, 5.74) is 6.43. The number of nitrogens with two attached hydrogens (primary N) is 1. The van der Waals surface area contributed by atoms with E-state index >= 15 is 0 Å². The predicted molar refractivity (Wildman–Crippen MR) is 128 cm³/mol. The van der Waals surface area contributed by atoms with Gasteiger partial charge in [0, 0.05) is 18.0 Å². The number of esters is 1. The lowest BCUT2D eigenvalue weighted by atomic mass is 9.97. The second kappa shape index (κ2) is 9.87. The van der Waals surface area contributed by atoms with Crippen molar-refractivity contribution in [1.29, 1.82) is 0 Å². The number of ether oxygens (including phenoxy) is 1. The van der Waals surface area contributed by atoms with Crippen LogP contribution >= 0.6 is 23.1 Å². The first kappa shape index (κ1) is 22.5. The van der Waals surface area contributed by atoms with Crippen LogP contribution in [0.15, 0.2) is 35.2 Å². The molecule has 1 fully saturated rings. The fraction of sp³-hybridized carbons (Fsp3) is 0.391. The highest BCUT2D eigenvalue weighted by Gasteiger charge is 2.29. The number of rotatable bonds is 7. The Morgan fingerprint density at radius 2 is 2.06 bits per heavy atom. The number of primary amides is 1. The second-order valence-electron chi connectivity index (χ2n) is 7.71. The lowest BCUT2D eigenvalue weighted by Gasteiger charge is -2.32. The number of anilines is 1. The molecule has 1 aromatic carbocycles. The minimum atomic E-state index is -0.340. The Hall–Kier alpha value is -2.65. The van der Waals surface area contributed by atoms with Crippen LogP contribution < -0.4 is 10.6 Å². The number of hydrogen-bond donors (Lipinski definition) is 1. The second-order valence-corrected chi connectivity index (χ2v) is 9.76. The van der Waals surface area contributed by atoms with Crippen LogP contribution in [0.4, 0.5) is 5.82 Å². The van der Waals surface area contributed by atoms with Crippen LogP contribution in [-0.4, -0.2) is 41.5 Å². The molecule has 0 saturated carbocycles. The first-order valence-corrected chi connectivity index (χ1v) is 12.5. The SMILES string of the molecule is CCOC(=O)c1sc2nc(CSc3ccccc3)nc(N3CCCC(C(N)=O)C3)c2c1C. The van der Waals surface area contributed by atoms with Gasteiger partial charge in [-0.25, -0.2) is 14.8 Å². The van der Waals surface area contributed by atoms with Crippen molar-refractivity contribution < 1.29 is 14.3 Å². The molecule has 1 aliphatic rings. The van der Waals surface area contributed by atoms with E-state index < -0.39 is 0 Å². The summed E-state index contributed by atoms with van der Waals surface area (Å²) in [5.74, 6) is 1.24. The van der Waals surface area contributed by atoms with E-state index in [4.69, 9.17) is 20.4 Å². The molecule has 1 aliphatic heterocycles. The van der Waals surface area contributed by atoms with Gasteiger partial charge in [0.15, 0.2) is 0 Å². The van der Waals surface area contributed by atoms with Crippen LogP contribution in [0, 0.1) is 12.8 Å². The van der Waals surface area contributed by atoms with Crippen LogP contribution in [0.25, 0.3) is 10.2 Å². The Morgan fingerprint density at radius 1 is 1.28 bits per heavy atom. The molecule has 3 aromatic rings. The number of thioether (sulfide) groups is 1. The predicted octanol–water partition coefficient (Wildman–Crippen LogP) is 4.17. The number of benzene rings is 1. The third-order valence-corrected chi connectivity index (χ3v) is 7.69. The number of aromatic nitrogens is 2. The molecule has 2 N–H and O–H groups in total. The van der Waals surface area contributed by atoms with Crippen molar-refractivity contribution in [3.05, 3.63) is 46.6 Å². The lowest BCUT2D eigenvalue weighted by molar-refractivity contribution is -0.122. The van der Waals surface area contributed by atoms with E-state index in [1.807, 2.05) is 25.1 Å².